The van der Waals surface area contributed by atoms with E-state index in [9.17, 15) is 10.1 Å². The van der Waals surface area contributed by atoms with Crippen molar-refractivity contribution in [1.82, 2.24) is 0 Å². The predicted octanol–water partition coefficient (Wildman–Crippen LogP) is 5.24. The third-order valence-electron chi connectivity index (χ3n) is 4.66. The quantitative estimate of drug-likeness (QED) is 0.501. The van der Waals surface area contributed by atoms with Crippen LogP contribution in [-0.2, 0) is 0 Å². The van der Waals surface area contributed by atoms with Crippen molar-refractivity contribution in [2.75, 3.05) is 5.43 Å². The van der Waals surface area contributed by atoms with Gasteiger partial charge in [-0.3, -0.25) is 15.5 Å². The van der Waals surface area contributed by atoms with Crippen molar-refractivity contribution in [3.05, 3.63) is 99.6 Å². The van der Waals surface area contributed by atoms with Gasteiger partial charge in [-0.15, -0.1) is 0 Å². The molecule has 0 amide bonds. The average Bonchev–Trinajstić information content (AvgIpc) is 2.73. The maximum atomic E-state index is 10.8. The number of aryl methyl sites for hydroxylation is 1. The van der Waals surface area contributed by atoms with E-state index in [1.54, 1.807) is 12.1 Å². The summed E-state index contributed by atoms with van der Waals surface area (Å²) in [7, 11) is 0. The maximum Gasteiger partial charge on any atom is 0.269 e. The van der Waals surface area contributed by atoms with Crippen LogP contribution in [0.15, 0.2) is 77.9 Å². The molecule has 1 atom stereocenters. The van der Waals surface area contributed by atoms with Gasteiger partial charge in [-0.05, 0) is 36.8 Å². The summed E-state index contributed by atoms with van der Waals surface area (Å²) in [6.45, 7) is 2.03. The predicted molar refractivity (Wildman–Crippen MR) is 109 cm³/mol. The van der Waals surface area contributed by atoms with Gasteiger partial charge in [-0.2, -0.15) is 5.10 Å². The lowest BCUT2D eigenvalue weighted by molar-refractivity contribution is -0.384. The third kappa shape index (κ3) is 3.71. The highest BCUT2D eigenvalue weighted by molar-refractivity contribution is 6.04. The molecule has 140 valence electrons. The second-order valence-electron chi connectivity index (χ2n) is 6.70. The molecule has 1 N–H and O–H groups in total. The number of anilines is 1. The number of hydrogen-bond acceptors (Lipinski definition) is 5. The molecule has 0 saturated carbocycles. The number of nitro groups is 1. The van der Waals surface area contributed by atoms with Crippen LogP contribution >= 0.6 is 0 Å². The summed E-state index contributed by atoms with van der Waals surface area (Å²) >= 11 is 0. The lowest BCUT2D eigenvalue weighted by atomic mass is 9.94. The summed E-state index contributed by atoms with van der Waals surface area (Å²) in [6.07, 6.45) is 0.509. The molecule has 3 aromatic rings. The molecule has 0 saturated heterocycles. The van der Waals surface area contributed by atoms with E-state index < -0.39 is 4.92 Å². The molecule has 1 heterocycles. The number of nitrogens with one attached hydrogen (secondary N) is 1. The first-order valence-corrected chi connectivity index (χ1v) is 9.00. The lowest BCUT2D eigenvalue weighted by Crippen LogP contribution is -2.22. The van der Waals surface area contributed by atoms with Gasteiger partial charge >= 0.3 is 0 Å². The number of benzene rings is 3. The number of ether oxygens (including phenoxy) is 1. The Hall–Kier alpha value is -3.67. The largest absolute Gasteiger partial charge is 0.485 e. The normalized spacial score (nSPS) is 16.9. The summed E-state index contributed by atoms with van der Waals surface area (Å²) in [6, 6.07) is 22.3. The number of hydrazone groups is 1. The molecular formula is C22H19N3O3. The Balaban J connectivity index is 1.64. The smallest absolute Gasteiger partial charge is 0.269 e. The van der Waals surface area contributed by atoms with Crippen molar-refractivity contribution in [3.8, 4) is 5.75 Å². The Bertz CT molecular complexity index is 1030. The SMILES string of the molecule is Cc1ccc2c(c1)/C(=N/Nc1ccc([N+](=O)[O-])cc1)CC(c1ccccc1)O2. The van der Waals surface area contributed by atoms with Gasteiger partial charge < -0.3 is 4.74 Å². The van der Waals surface area contributed by atoms with Crippen molar-refractivity contribution in [2.45, 2.75) is 19.4 Å². The molecular weight excluding hydrogens is 354 g/mol. The first kappa shape index (κ1) is 17.7. The van der Waals surface area contributed by atoms with Gasteiger partial charge in [0.15, 0.2) is 0 Å². The van der Waals surface area contributed by atoms with Gasteiger partial charge in [-0.25, -0.2) is 0 Å². The molecule has 6 nitrogen and oxygen atoms in total. The highest BCUT2D eigenvalue weighted by Gasteiger charge is 2.26. The molecule has 1 aliphatic rings. The summed E-state index contributed by atoms with van der Waals surface area (Å²) in [5.41, 5.74) is 7.83. The third-order valence-corrected chi connectivity index (χ3v) is 4.66. The van der Waals surface area contributed by atoms with Crippen molar-refractivity contribution in [1.29, 1.82) is 0 Å². The standard InChI is InChI=1S/C22H19N3O3/c1-15-7-12-21-19(13-15)20(14-22(28-21)16-5-3-2-4-6-16)24-23-17-8-10-18(11-9-17)25(26)27/h2-13,22-23H,14H2,1H3/b24-20+. The van der Waals surface area contributed by atoms with E-state index in [1.165, 1.54) is 12.1 Å². The molecule has 1 unspecified atom stereocenters. The number of fused-ring (bicyclic) bond motifs is 1. The van der Waals surface area contributed by atoms with Crippen LogP contribution < -0.4 is 10.2 Å². The fourth-order valence-electron chi connectivity index (χ4n) is 3.20. The molecule has 28 heavy (non-hydrogen) atoms. The first-order valence-electron chi connectivity index (χ1n) is 9.00. The zero-order chi connectivity index (χ0) is 19.5. The van der Waals surface area contributed by atoms with Crippen LogP contribution in [0.3, 0.4) is 0 Å². The first-order chi connectivity index (χ1) is 13.6. The van der Waals surface area contributed by atoms with Crippen molar-refractivity contribution >= 4 is 17.1 Å². The molecule has 0 aliphatic carbocycles. The number of nitro benzene ring substituents is 1. The van der Waals surface area contributed by atoms with Gasteiger partial charge in [0.2, 0.25) is 0 Å². The van der Waals surface area contributed by atoms with Crippen LogP contribution in [0.4, 0.5) is 11.4 Å². The summed E-state index contributed by atoms with van der Waals surface area (Å²) in [5, 5.41) is 15.4. The van der Waals surface area contributed by atoms with Gasteiger partial charge in [0.1, 0.15) is 11.9 Å². The number of rotatable bonds is 4. The molecule has 0 spiro atoms. The molecule has 3 aromatic carbocycles. The molecule has 4 rings (SSSR count). The van der Waals surface area contributed by atoms with E-state index in [0.29, 0.717) is 12.1 Å². The van der Waals surface area contributed by atoms with Crippen LogP contribution in [0.1, 0.15) is 29.2 Å². The zero-order valence-electron chi connectivity index (χ0n) is 15.3. The average molecular weight is 373 g/mol. The Labute approximate surface area is 162 Å². The van der Waals surface area contributed by atoms with Crippen LogP contribution in [0.2, 0.25) is 0 Å². The highest BCUT2D eigenvalue weighted by atomic mass is 16.6. The highest BCUT2D eigenvalue weighted by Crippen LogP contribution is 2.35. The number of hydrogen-bond donors (Lipinski definition) is 1. The molecule has 0 radical (unpaired) electrons. The lowest BCUT2D eigenvalue weighted by Gasteiger charge is -2.28. The minimum absolute atomic E-state index is 0.0504. The Kier molecular flexibility index (Phi) is 4.76. The monoisotopic (exact) mass is 373 g/mol. The fourth-order valence-corrected chi connectivity index (χ4v) is 3.20. The van der Waals surface area contributed by atoms with Crippen LogP contribution in [-0.4, -0.2) is 10.6 Å². The minimum atomic E-state index is -0.419. The van der Waals surface area contributed by atoms with Crippen LogP contribution in [0.5, 0.6) is 5.75 Å². The summed E-state index contributed by atoms with van der Waals surface area (Å²) < 4.78 is 6.21. The Morgan fingerprint density at radius 3 is 2.54 bits per heavy atom. The molecule has 0 aromatic heterocycles. The zero-order valence-corrected chi connectivity index (χ0v) is 15.3. The van der Waals surface area contributed by atoms with Crippen molar-refractivity contribution in [2.24, 2.45) is 5.10 Å². The maximum absolute atomic E-state index is 10.8. The minimum Gasteiger partial charge on any atom is -0.485 e. The fraction of sp³-hybridized carbons (Fsp3) is 0.136. The van der Waals surface area contributed by atoms with Crippen LogP contribution in [0.25, 0.3) is 0 Å². The molecule has 6 heteroatoms. The van der Waals surface area contributed by atoms with E-state index in [2.05, 4.69) is 16.6 Å². The van der Waals surface area contributed by atoms with Gasteiger partial charge in [0.25, 0.3) is 5.69 Å². The number of non-ortho nitro benzene ring substituents is 1. The second-order valence-corrected chi connectivity index (χ2v) is 6.70. The number of nitrogens with zero attached hydrogens (tertiary/aromatic N) is 2. The van der Waals surface area contributed by atoms with E-state index in [-0.39, 0.29) is 11.8 Å². The van der Waals surface area contributed by atoms with Gasteiger partial charge in [-0.1, -0.05) is 42.0 Å². The Morgan fingerprint density at radius 1 is 1.07 bits per heavy atom. The van der Waals surface area contributed by atoms with Crippen molar-refractivity contribution < 1.29 is 9.66 Å². The molecule has 0 fully saturated rings. The van der Waals surface area contributed by atoms with Gasteiger partial charge in [0.05, 0.1) is 16.3 Å². The topological polar surface area (TPSA) is 76.8 Å². The summed E-state index contributed by atoms with van der Waals surface area (Å²) in [5.74, 6) is 0.801. The van der Waals surface area contributed by atoms with E-state index in [0.717, 1.165) is 28.2 Å². The van der Waals surface area contributed by atoms with E-state index >= 15 is 0 Å². The van der Waals surface area contributed by atoms with Crippen LogP contribution in [0, 0.1) is 17.0 Å². The van der Waals surface area contributed by atoms with Gasteiger partial charge in [0, 0.05) is 24.1 Å². The second kappa shape index (κ2) is 7.52. The van der Waals surface area contributed by atoms with E-state index in [1.807, 2.05) is 49.4 Å². The summed E-state index contributed by atoms with van der Waals surface area (Å²) in [4.78, 5) is 10.4. The van der Waals surface area contributed by atoms with Crippen molar-refractivity contribution in [3.63, 3.8) is 0 Å². The molecule has 1 aliphatic heterocycles. The molecule has 0 bridgehead atoms. The van der Waals surface area contributed by atoms with E-state index in [4.69, 9.17) is 4.74 Å². The Morgan fingerprint density at radius 2 is 1.82 bits per heavy atom.